The predicted octanol–water partition coefficient (Wildman–Crippen LogP) is 18.4. The zero-order valence-electron chi connectivity index (χ0n) is 48.4. The molecule has 0 heterocycles. The van der Waals surface area contributed by atoms with E-state index in [2.05, 4.69) is 71.9 Å². The van der Waals surface area contributed by atoms with Crippen molar-refractivity contribution in [3.05, 3.63) is 29.2 Å². The van der Waals surface area contributed by atoms with Gasteiger partial charge in [-0.2, -0.15) is 4.91 Å². The Morgan fingerprint density at radius 1 is 0.352 bits per heavy atom. The Labute approximate surface area is 443 Å². The Morgan fingerprint density at radius 2 is 0.690 bits per heavy atom. The van der Waals surface area contributed by atoms with E-state index < -0.39 is 0 Å². The Bertz CT molecular complexity index is 1100. The van der Waals surface area contributed by atoms with E-state index in [0.717, 1.165) is 58.7 Å². The van der Waals surface area contributed by atoms with Crippen LogP contribution < -0.4 is 0 Å². The summed E-state index contributed by atoms with van der Waals surface area (Å²) >= 11 is 0. The first kappa shape index (κ1) is 69.4. The minimum absolute atomic E-state index is 0.00976. The molecule has 0 aliphatic heterocycles. The molecule has 0 aromatic rings. The monoisotopic (exact) mass is 1000 g/mol. The standard InChI is InChI=1S/C63H124N4O4/c1-5-9-11-13-22-32-42-53-65(7-3)55-44-34-24-16-18-30-40-50-62-71-63(68)51-41-31-21-19-26-37-47-58-67(59-52-64-69)57-46-36-25-15-17-28-38-48-60-70-61-49-39-29-20-27-35-45-56-66(8-4)54-43-33-23-14-12-10-6-2/h22-23,32-33H,5-21,24-31,34-62H2,1-4H3/b32-22-,33-23-. The van der Waals surface area contributed by atoms with Crippen molar-refractivity contribution >= 4 is 5.97 Å². The quantitative estimate of drug-likeness (QED) is 0.0260. The molecule has 71 heavy (non-hydrogen) atoms. The second-order valence-corrected chi connectivity index (χ2v) is 21.3. The molecule has 0 amide bonds. The number of hydrogen-bond acceptors (Lipinski definition) is 8. The van der Waals surface area contributed by atoms with Crippen molar-refractivity contribution in [2.45, 2.75) is 291 Å². The molecule has 0 spiro atoms. The average molecular weight is 1000 g/mol. The van der Waals surface area contributed by atoms with Gasteiger partial charge in [0.15, 0.2) is 0 Å². The number of rotatable bonds is 61. The van der Waals surface area contributed by atoms with Gasteiger partial charge in [0, 0.05) is 39.3 Å². The van der Waals surface area contributed by atoms with Crippen molar-refractivity contribution in [3.8, 4) is 0 Å². The lowest BCUT2D eigenvalue weighted by molar-refractivity contribution is -0.143. The number of unbranched alkanes of at least 4 members (excludes halogenated alkanes) is 32. The maximum absolute atomic E-state index is 12.2. The summed E-state index contributed by atoms with van der Waals surface area (Å²) in [7, 11) is 0. The van der Waals surface area contributed by atoms with Gasteiger partial charge in [0.05, 0.1) is 13.2 Å². The molecule has 0 aromatic heterocycles. The number of carbonyl (C=O) groups excluding carboxylic acids is 1. The number of allylic oxidation sites excluding steroid dienone is 2. The molecule has 0 saturated carbocycles. The molecule has 0 aliphatic rings. The zero-order valence-corrected chi connectivity index (χ0v) is 48.4. The van der Waals surface area contributed by atoms with Gasteiger partial charge >= 0.3 is 5.97 Å². The fourth-order valence-corrected chi connectivity index (χ4v) is 9.75. The van der Waals surface area contributed by atoms with Crippen LogP contribution in [0.3, 0.4) is 0 Å². The van der Waals surface area contributed by atoms with Crippen LogP contribution >= 0.6 is 0 Å². The van der Waals surface area contributed by atoms with Crippen molar-refractivity contribution in [1.29, 1.82) is 0 Å². The van der Waals surface area contributed by atoms with Gasteiger partial charge < -0.3 is 24.2 Å². The van der Waals surface area contributed by atoms with Crippen LogP contribution in [0.15, 0.2) is 29.5 Å². The van der Waals surface area contributed by atoms with E-state index in [1.807, 2.05) is 0 Å². The Kier molecular flexibility index (Phi) is 59.6. The van der Waals surface area contributed by atoms with Gasteiger partial charge in [-0.1, -0.05) is 224 Å². The smallest absolute Gasteiger partial charge is 0.305 e. The summed E-state index contributed by atoms with van der Waals surface area (Å²) in [6.07, 6.45) is 61.1. The zero-order chi connectivity index (χ0) is 51.4. The predicted molar refractivity (Wildman–Crippen MR) is 312 cm³/mol. The van der Waals surface area contributed by atoms with Crippen molar-refractivity contribution in [2.75, 3.05) is 85.3 Å². The van der Waals surface area contributed by atoms with Crippen molar-refractivity contribution in [3.63, 3.8) is 0 Å². The number of esters is 1. The highest BCUT2D eigenvalue weighted by Gasteiger charge is 2.07. The van der Waals surface area contributed by atoms with Crippen molar-refractivity contribution in [1.82, 2.24) is 14.7 Å². The Morgan fingerprint density at radius 3 is 1.07 bits per heavy atom. The molecule has 420 valence electrons. The molecule has 0 rings (SSSR count). The summed E-state index contributed by atoms with van der Waals surface area (Å²) in [6, 6.07) is 0. The summed E-state index contributed by atoms with van der Waals surface area (Å²) in [5.74, 6) is -0.00976. The molecule has 8 nitrogen and oxygen atoms in total. The summed E-state index contributed by atoms with van der Waals surface area (Å²) in [5, 5.41) is 3.15. The van der Waals surface area contributed by atoms with Crippen molar-refractivity contribution in [2.24, 2.45) is 5.18 Å². The lowest BCUT2D eigenvalue weighted by atomic mass is 10.1. The molecule has 0 atom stereocenters. The van der Waals surface area contributed by atoms with E-state index in [9.17, 15) is 9.70 Å². The van der Waals surface area contributed by atoms with Gasteiger partial charge in [0.1, 0.15) is 0 Å². The Hall–Kier alpha value is -1.61. The van der Waals surface area contributed by atoms with Crippen LogP contribution in [0.1, 0.15) is 291 Å². The van der Waals surface area contributed by atoms with Crippen molar-refractivity contribution < 1.29 is 14.3 Å². The second-order valence-electron chi connectivity index (χ2n) is 21.3. The molecule has 0 aromatic carbocycles. The van der Waals surface area contributed by atoms with Gasteiger partial charge in [0.2, 0.25) is 0 Å². The Balaban J connectivity index is 3.55. The minimum atomic E-state index is -0.00976. The van der Waals surface area contributed by atoms with Crippen LogP contribution in [0.5, 0.6) is 0 Å². The number of nitroso groups, excluding NO2 is 1. The largest absolute Gasteiger partial charge is 0.466 e. The van der Waals surface area contributed by atoms with Crippen LogP contribution in [-0.2, 0) is 14.3 Å². The number of ether oxygens (including phenoxy) is 2. The topological polar surface area (TPSA) is 74.7 Å². The normalized spacial score (nSPS) is 12.0. The van der Waals surface area contributed by atoms with Gasteiger partial charge in [-0.3, -0.25) is 4.79 Å². The van der Waals surface area contributed by atoms with E-state index in [-0.39, 0.29) is 5.97 Å². The summed E-state index contributed by atoms with van der Waals surface area (Å²) < 4.78 is 11.5. The SMILES string of the molecule is CCCCC/C=C\CCN(CC)CCCCCCCCCCOC(=O)CCCCCCCCCN(CCCCCCCCCCOCCCCCCCCCN(CC)CC/C=C\CCCCC)CCN=O. The minimum Gasteiger partial charge on any atom is -0.466 e. The molecule has 0 radical (unpaired) electrons. The van der Waals surface area contributed by atoms with E-state index in [4.69, 9.17) is 9.47 Å². The average Bonchev–Trinajstić information content (AvgIpc) is 3.38. The molecule has 8 heteroatoms. The molecule has 0 aliphatic carbocycles. The van der Waals surface area contributed by atoms with Gasteiger partial charge in [-0.15, -0.1) is 0 Å². The van der Waals surface area contributed by atoms with E-state index in [1.54, 1.807) is 0 Å². The lowest BCUT2D eigenvalue weighted by Gasteiger charge is -2.21. The summed E-state index contributed by atoms with van der Waals surface area (Å²) in [5.41, 5.74) is 0. The third-order valence-electron chi connectivity index (χ3n) is 14.7. The third-order valence-corrected chi connectivity index (χ3v) is 14.7. The molecule has 0 unspecified atom stereocenters. The maximum atomic E-state index is 12.2. The van der Waals surface area contributed by atoms with Gasteiger partial charge in [-0.05, 0) is 129 Å². The number of carbonyl (C=O) groups is 1. The molecule has 0 saturated heterocycles. The highest BCUT2D eigenvalue weighted by atomic mass is 16.5. The fourth-order valence-electron chi connectivity index (χ4n) is 9.75. The van der Waals surface area contributed by atoms with E-state index in [1.165, 1.54) is 270 Å². The maximum Gasteiger partial charge on any atom is 0.305 e. The number of nitrogens with zero attached hydrogens (tertiary/aromatic N) is 4. The summed E-state index contributed by atoms with van der Waals surface area (Å²) in [4.78, 5) is 30.8. The third kappa shape index (κ3) is 56.0. The van der Waals surface area contributed by atoms with Crippen LogP contribution in [-0.4, -0.2) is 106 Å². The molecule has 0 fully saturated rings. The van der Waals surface area contributed by atoms with E-state index in [0.29, 0.717) is 19.6 Å². The molecule has 0 N–H and O–H groups in total. The van der Waals surface area contributed by atoms with Crippen LogP contribution in [0.25, 0.3) is 0 Å². The highest BCUT2D eigenvalue weighted by Crippen LogP contribution is 2.15. The van der Waals surface area contributed by atoms with E-state index >= 15 is 0 Å². The molecular formula is C63H124N4O4. The van der Waals surface area contributed by atoms with Crippen LogP contribution in [0, 0.1) is 4.91 Å². The van der Waals surface area contributed by atoms with Crippen LogP contribution in [0.4, 0.5) is 0 Å². The first-order valence-corrected chi connectivity index (χ1v) is 31.6. The first-order chi connectivity index (χ1) is 35.1. The molecular weight excluding hydrogens is 877 g/mol. The molecule has 0 bridgehead atoms. The highest BCUT2D eigenvalue weighted by molar-refractivity contribution is 5.69. The fraction of sp³-hybridized carbons (Fsp3) is 0.921. The second kappa shape index (κ2) is 60.9. The van der Waals surface area contributed by atoms with Gasteiger partial charge in [0.25, 0.3) is 0 Å². The lowest BCUT2D eigenvalue weighted by Crippen LogP contribution is -2.28. The van der Waals surface area contributed by atoms with Crippen LogP contribution in [0.2, 0.25) is 0 Å². The number of hydrogen-bond donors (Lipinski definition) is 0. The summed E-state index contributed by atoms with van der Waals surface area (Å²) in [6.45, 7) is 22.3. The first-order valence-electron chi connectivity index (χ1n) is 31.6. The van der Waals surface area contributed by atoms with Gasteiger partial charge in [-0.25, -0.2) is 0 Å².